The van der Waals surface area contributed by atoms with Gasteiger partial charge in [0, 0.05) is 13.1 Å². The first-order valence-corrected chi connectivity index (χ1v) is 9.04. The fraction of sp³-hybridized carbons (Fsp3) is 0.545. The second kappa shape index (κ2) is 4.51. The number of sulfonamides is 1. The Morgan fingerprint density at radius 3 is 2.50 bits per heavy atom. The highest BCUT2D eigenvalue weighted by molar-refractivity contribution is 9.11. The van der Waals surface area contributed by atoms with Crippen molar-refractivity contribution in [3.8, 4) is 0 Å². The molecule has 1 saturated heterocycles. The van der Waals surface area contributed by atoms with Gasteiger partial charge in [0.05, 0.1) is 9.39 Å². The van der Waals surface area contributed by atoms with E-state index in [1.807, 2.05) is 0 Å². The van der Waals surface area contributed by atoms with Crippen LogP contribution >= 0.6 is 27.3 Å². The minimum atomic E-state index is -3.75. The maximum atomic E-state index is 12.4. The fourth-order valence-electron chi connectivity index (χ4n) is 2.39. The minimum absolute atomic E-state index is 0.0339. The van der Waals surface area contributed by atoms with Crippen molar-refractivity contribution in [3.05, 3.63) is 14.7 Å². The lowest BCUT2D eigenvalue weighted by Crippen LogP contribution is -2.64. The Labute approximate surface area is 128 Å². The van der Waals surface area contributed by atoms with E-state index >= 15 is 0 Å². The number of nitrogens with zero attached hydrogens (tertiary/aromatic N) is 1. The van der Waals surface area contributed by atoms with Gasteiger partial charge < -0.3 is 10.2 Å². The molecule has 0 bridgehead atoms. The van der Waals surface area contributed by atoms with Crippen LogP contribution in [0.25, 0.3) is 0 Å². The number of rotatable bonds is 4. The van der Waals surface area contributed by atoms with E-state index in [0.29, 0.717) is 0 Å². The lowest BCUT2D eigenvalue weighted by atomic mass is 9.91. The number of thiophene rings is 1. The first-order valence-electron chi connectivity index (χ1n) is 5.99. The largest absolute Gasteiger partial charge is 0.477 e. The van der Waals surface area contributed by atoms with Crippen LogP contribution in [0.5, 0.6) is 0 Å². The molecule has 2 fully saturated rings. The van der Waals surface area contributed by atoms with E-state index in [0.717, 1.165) is 30.2 Å². The highest BCUT2D eigenvalue weighted by atomic mass is 79.9. The minimum Gasteiger partial charge on any atom is -0.477 e. The number of carbonyl (C=O) groups is 1. The third kappa shape index (κ3) is 2.21. The summed E-state index contributed by atoms with van der Waals surface area (Å²) in [4.78, 5) is 10.8. The Balaban J connectivity index is 1.84. The van der Waals surface area contributed by atoms with Gasteiger partial charge in [0.2, 0.25) is 10.0 Å². The van der Waals surface area contributed by atoms with E-state index in [1.165, 1.54) is 4.31 Å². The number of β-amino-alcohol motifs (C(OH)–C–C–N with tert-alkyl or cyclic N) is 1. The molecule has 2 heterocycles. The van der Waals surface area contributed by atoms with E-state index in [9.17, 15) is 18.3 Å². The predicted molar refractivity (Wildman–Crippen MR) is 75.4 cm³/mol. The van der Waals surface area contributed by atoms with Crippen molar-refractivity contribution >= 4 is 43.3 Å². The summed E-state index contributed by atoms with van der Waals surface area (Å²) in [5.41, 5.74) is -0.898. The number of carboxylic acids is 1. The first-order chi connectivity index (χ1) is 9.24. The van der Waals surface area contributed by atoms with Crippen molar-refractivity contribution in [2.45, 2.75) is 23.3 Å². The highest BCUT2D eigenvalue weighted by Crippen LogP contribution is 2.46. The Hall–Kier alpha value is -0.480. The molecule has 0 unspecified atom stereocenters. The van der Waals surface area contributed by atoms with E-state index < -0.39 is 21.6 Å². The maximum Gasteiger partial charge on any atom is 0.345 e. The van der Waals surface area contributed by atoms with Crippen molar-refractivity contribution in [2.75, 3.05) is 13.1 Å². The average molecular weight is 382 g/mol. The standard InChI is InChI=1S/C11H12BrNO5S2/c12-9-8(3-7(19-9)10(14)15)20(17,18)13-4-11(16,5-13)6-1-2-6/h3,6,16H,1-2,4-5H2,(H,14,15). The van der Waals surface area contributed by atoms with Crippen LogP contribution in [0.15, 0.2) is 14.7 Å². The zero-order chi connectivity index (χ0) is 14.7. The van der Waals surface area contributed by atoms with Gasteiger partial charge in [-0.15, -0.1) is 11.3 Å². The van der Waals surface area contributed by atoms with Crippen molar-refractivity contribution < 1.29 is 23.4 Å². The van der Waals surface area contributed by atoms with Crippen LogP contribution in [0, 0.1) is 5.92 Å². The molecule has 2 N–H and O–H groups in total. The monoisotopic (exact) mass is 381 g/mol. The van der Waals surface area contributed by atoms with Gasteiger partial charge >= 0.3 is 5.97 Å². The normalized spacial score (nSPS) is 22.5. The van der Waals surface area contributed by atoms with Crippen LogP contribution in [0.2, 0.25) is 0 Å². The van der Waals surface area contributed by atoms with Crippen molar-refractivity contribution in [2.24, 2.45) is 5.92 Å². The van der Waals surface area contributed by atoms with Crippen LogP contribution in [0.4, 0.5) is 0 Å². The van der Waals surface area contributed by atoms with E-state index in [1.54, 1.807) is 0 Å². The molecule has 1 aromatic heterocycles. The SMILES string of the molecule is O=C(O)c1cc(S(=O)(=O)N2CC(O)(C3CC3)C2)c(Br)s1. The van der Waals surface area contributed by atoms with Crippen LogP contribution in [-0.4, -0.2) is 47.6 Å². The fourth-order valence-corrected chi connectivity index (χ4v) is 6.30. The van der Waals surface area contributed by atoms with Crippen LogP contribution < -0.4 is 0 Å². The third-order valence-electron chi connectivity index (χ3n) is 3.72. The summed E-state index contributed by atoms with van der Waals surface area (Å²) in [5, 5.41) is 19.1. The van der Waals surface area contributed by atoms with Crippen LogP contribution in [0.3, 0.4) is 0 Å². The molecule has 1 saturated carbocycles. The van der Waals surface area contributed by atoms with Crippen molar-refractivity contribution in [1.29, 1.82) is 0 Å². The molecule has 0 radical (unpaired) electrons. The topological polar surface area (TPSA) is 94.9 Å². The summed E-state index contributed by atoms with van der Waals surface area (Å²) >= 11 is 3.97. The summed E-state index contributed by atoms with van der Waals surface area (Å²) in [6.45, 7) is 0.176. The molecule has 6 nitrogen and oxygen atoms in total. The van der Waals surface area contributed by atoms with Gasteiger partial charge in [0.1, 0.15) is 9.77 Å². The van der Waals surface area contributed by atoms with E-state index in [2.05, 4.69) is 15.9 Å². The molecule has 110 valence electrons. The zero-order valence-corrected chi connectivity index (χ0v) is 13.5. The number of halogens is 1. The molecule has 3 rings (SSSR count). The molecular weight excluding hydrogens is 370 g/mol. The summed E-state index contributed by atoms with van der Waals surface area (Å²) in [7, 11) is -3.75. The van der Waals surface area contributed by atoms with Crippen LogP contribution in [-0.2, 0) is 10.0 Å². The number of aromatic carboxylic acids is 1. The molecule has 0 atom stereocenters. The first kappa shape index (κ1) is 14.5. The lowest BCUT2D eigenvalue weighted by molar-refractivity contribution is -0.0764. The second-order valence-corrected chi connectivity index (χ2v) is 9.48. The van der Waals surface area contributed by atoms with E-state index in [4.69, 9.17) is 5.11 Å². The molecule has 1 aliphatic carbocycles. The Morgan fingerprint density at radius 2 is 2.05 bits per heavy atom. The van der Waals surface area contributed by atoms with Gasteiger partial charge in [-0.2, -0.15) is 4.31 Å². The quantitative estimate of drug-likeness (QED) is 0.820. The number of aliphatic hydroxyl groups is 1. The zero-order valence-electron chi connectivity index (χ0n) is 10.2. The summed E-state index contributed by atoms with van der Waals surface area (Å²) in [6, 6.07) is 1.15. The average Bonchev–Trinajstić information content (AvgIpc) is 3.08. The molecule has 2 aliphatic rings. The molecule has 0 amide bonds. The Morgan fingerprint density at radius 1 is 1.45 bits per heavy atom. The molecule has 0 spiro atoms. The van der Waals surface area contributed by atoms with E-state index in [-0.39, 0.29) is 32.6 Å². The predicted octanol–water partition coefficient (Wildman–Crippen LogP) is 1.35. The van der Waals surface area contributed by atoms with Crippen LogP contribution in [0.1, 0.15) is 22.5 Å². The molecule has 0 aromatic carbocycles. The molecule has 9 heteroatoms. The second-order valence-electron chi connectivity index (χ2n) is 5.20. The van der Waals surface area contributed by atoms with Gasteiger partial charge in [-0.25, -0.2) is 13.2 Å². The van der Waals surface area contributed by atoms with Crippen molar-refractivity contribution in [1.82, 2.24) is 4.31 Å². The lowest BCUT2D eigenvalue weighted by Gasteiger charge is -2.45. The Bertz CT molecular complexity index is 673. The molecular formula is C11H12BrNO5S2. The van der Waals surface area contributed by atoms with Gasteiger partial charge in [-0.1, -0.05) is 0 Å². The van der Waals surface area contributed by atoms with Gasteiger partial charge in [-0.05, 0) is 40.8 Å². The van der Waals surface area contributed by atoms with Gasteiger partial charge in [0.15, 0.2) is 0 Å². The summed E-state index contributed by atoms with van der Waals surface area (Å²) in [6.07, 6.45) is 1.88. The number of hydrogen-bond acceptors (Lipinski definition) is 5. The van der Waals surface area contributed by atoms with Crippen molar-refractivity contribution in [3.63, 3.8) is 0 Å². The smallest absolute Gasteiger partial charge is 0.345 e. The molecule has 20 heavy (non-hydrogen) atoms. The highest BCUT2D eigenvalue weighted by Gasteiger charge is 2.55. The molecule has 1 aromatic rings. The van der Waals surface area contributed by atoms with Gasteiger partial charge in [0.25, 0.3) is 0 Å². The Kier molecular flexibility index (Phi) is 3.26. The summed E-state index contributed by atoms with van der Waals surface area (Å²) in [5.74, 6) is -0.954. The number of hydrogen-bond donors (Lipinski definition) is 2. The third-order valence-corrected chi connectivity index (χ3v) is 7.75. The molecule has 1 aliphatic heterocycles. The van der Waals surface area contributed by atoms with Gasteiger partial charge in [-0.3, -0.25) is 0 Å². The summed E-state index contributed by atoms with van der Waals surface area (Å²) < 4.78 is 26.3. The maximum absolute atomic E-state index is 12.4. The number of carboxylic acid groups (broad SMARTS) is 1.